The molecule has 0 radical (unpaired) electrons. The first-order valence-electron chi connectivity index (χ1n) is 8.87. The lowest BCUT2D eigenvalue weighted by Gasteiger charge is -2.23. The average Bonchev–Trinajstić information content (AvgIpc) is 2.64. The molecule has 0 spiro atoms. The van der Waals surface area contributed by atoms with Gasteiger partial charge in [0.15, 0.2) is 5.11 Å². The Bertz CT molecular complexity index is 697. The van der Waals surface area contributed by atoms with Gasteiger partial charge < -0.3 is 20.1 Å². The van der Waals surface area contributed by atoms with Gasteiger partial charge in [-0.25, -0.2) is 0 Å². The van der Waals surface area contributed by atoms with Gasteiger partial charge in [0.25, 0.3) is 0 Å². The van der Waals surface area contributed by atoms with Crippen LogP contribution in [0.25, 0.3) is 0 Å². The maximum atomic E-state index is 5.93. The molecule has 0 saturated carbocycles. The molecule has 0 saturated heterocycles. The first-order chi connectivity index (χ1) is 12.4. The van der Waals surface area contributed by atoms with Crippen molar-refractivity contribution in [2.75, 3.05) is 25.6 Å². The third-order valence-corrected chi connectivity index (χ3v) is 4.71. The monoisotopic (exact) mass is 372 g/mol. The van der Waals surface area contributed by atoms with Crippen LogP contribution in [0.3, 0.4) is 0 Å². The zero-order valence-electron chi connectivity index (χ0n) is 16.0. The molecule has 0 aromatic heterocycles. The van der Waals surface area contributed by atoms with Gasteiger partial charge in [0, 0.05) is 19.3 Å². The summed E-state index contributed by atoms with van der Waals surface area (Å²) in [5.41, 5.74) is 2.41. The molecule has 0 fully saturated rings. The predicted octanol–water partition coefficient (Wildman–Crippen LogP) is 5.10. The summed E-state index contributed by atoms with van der Waals surface area (Å²) < 4.78 is 10.9. The van der Waals surface area contributed by atoms with Gasteiger partial charge in [0.05, 0.1) is 6.61 Å². The summed E-state index contributed by atoms with van der Waals surface area (Å²) in [6, 6.07) is 16.0. The number of hydrogen-bond acceptors (Lipinski definition) is 3. The molecule has 2 aromatic carbocycles. The summed E-state index contributed by atoms with van der Waals surface area (Å²) in [6.45, 7) is 8.00. The molecule has 2 rings (SSSR count). The van der Waals surface area contributed by atoms with E-state index in [4.69, 9.17) is 21.7 Å². The number of anilines is 1. The summed E-state index contributed by atoms with van der Waals surface area (Å²) in [7, 11) is 1.66. The van der Waals surface area contributed by atoms with Crippen LogP contribution in [0, 0.1) is 0 Å². The van der Waals surface area contributed by atoms with Crippen molar-refractivity contribution in [2.24, 2.45) is 0 Å². The van der Waals surface area contributed by atoms with Crippen molar-refractivity contribution >= 4 is 23.0 Å². The van der Waals surface area contributed by atoms with Crippen LogP contribution in [-0.4, -0.2) is 25.4 Å². The first-order valence-corrected chi connectivity index (χ1v) is 9.27. The fraction of sp³-hybridized carbons (Fsp3) is 0.381. The highest BCUT2D eigenvalue weighted by molar-refractivity contribution is 7.80. The fourth-order valence-electron chi connectivity index (χ4n) is 2.36. The van der Waals surface area contributed by atoms with Gasteiger partial charge in [0.1, 0.15) is 11.5 Å². The van der Waals surface area contributed by atoms with Gasteiger partial charge in [-0.2, -0.15) is 0 Å². The predicted molar refractivity (Wildman–Crippen MR) is 112 cm³/mol. The Hall–Kier alpha value is -2.11. The summed E-state index contributed by atoms with van der Waals surface area (Å²) >= 11 is 5.23. The van der Waals surface area contributed by atoms with Crippen molar-refractivity contribution in [3.8, 4) is 11.5 Å². The smallest absolute Gasteiger partial charge is 0.170 e. The van der Waals surface area contributed by atoms with Crippen molar-refractivity contribution in [3.63, 3.8) is 0 Å². The molecule has 0 aliphatic carbocycles. The lowest BCUT2D eigenvalue weighted by atomic mass is 9.82. The fourth-order valence-corrected chi connectivity index (χ4v) is 2.58. The zero-order valence-corrected chi connectivity index (χ0v) is 16.8. The Balaban J connectivity index is 1.91. The van der Waals surface area contributed by atoms with E-state index in [0.717, 1.165) is 23.6 Å². The van der Waals surface area contributed by atoms with Crippen LogP contribution in [0.15, 0.2) is 48.5 Å². The second-order valence-electron chi connectivity index (χ2n) is 6.76. The molecule has 26 heavy (non-hydrogen) atoms. The molecule has 2 N–H and O–H groups in total. The van der Waals surface area contributed by atoms with Crippen LogP contribution in [0.1, 0.15) is 32.8 Å². The van der Waals surface area contributed by atoms with E-state index in [1.165, 1.54) is 5.56 Å². The molecule has 5 heteroatoms. The van der Waals surface area contributed by atoms with E-state index >= 15 is 0 Å². The standard InChI is InChI=1S/C21H28N2O2S/c1-5-21(2,3)16-6-10-18(11-7-16)25-19-12-8-17(9-13-19)23-20(26)22-14-15-24-4/h6-13H,5,14-15H2,1-4H3,(H2,22,23,26). The lowest BCUT2D eigenvalue weighted by molar-refractivity contribution is 0.204. The molecule has 0 atom stereocenters. The molecule has 0 heterocycles. The minimum atomic E-state index is 0.182. The Labute approximate surface area is 161 Å². The number of ether oxygens (including phenoxy) is 2. The topological polar surface area (TPSA) is 42.5 Å². The van der Waals surface area contributed by atoms with Gasteiger partial charge in [-0.1, -0.05) is 32.9 Å². The van der Waals surface area contributed by atoms with E-state index in [2.05, 4.69) is 43.5 Å². The highest BCUT2D eigenvalue weighted by atomic mass is 32.1. The van der Waals surface area contributed by atoms with E-state index in [0.29, 0.717) is 18.3 Å². The normalized spacial score (nSPS) is 11.1. The maximum absolute atomic E-state index is 5.93. The molecule has 4 nitrogen and oxygen atoms in total. The molecule has 0 aliphatic rings. The quantitative estimate of drug-likeness (QED) is 0.498. The Morgan fingerprint density at radius 1 is 1.00 bits per heavy atom. The summed E-state index contributed by atoms with van der Waals surface area (Å²) in [5.74, 6) is 1.62. The molecule has 2 aromatic rings. The van der Waals surface area contributed by atoms with Crippen LogP contribution < -0.4 is 15.4 Å². The number of methoxy groups -OCH3 is 1. The molecule has 0 unspecified atom stereocenters. The van der Waals surface area contributed by atoms with Gasteiger partial charge in [-0.3, -0.25) is 0 Å². The minimum Gasteiger partial charge on any atom is -0.457 e. The first kappa shape index (κ1) is 20.2. The number of hydrogen-bond donors (Lipinski definition) is 2. The van der Waals surface area contributed by atoms with E-state index in [1.807, 2.05) is 36.4 Å². The number of thiocarbonyl (C=S) groups is 1. The van der Waals surface area contributed by atoms with Gasteiger partial charge in [-0.15, -0.1) is 0 Å². The Morgan fingerprint density at radius 3 is 2.12 bits per heavy atom. The summed E-state index contributed by atoms with van der Waals surface area (Å²) in [6.07, 6.45) is 1.10. The highest BCUT2D eigenvalue weighted by Crippen LogP contribution is 2.29. The van der Waals surface area contributed by atoms with Crippen LogP contribution in [0.2, 0.25) is 0 Å². The molecular weight excluding hydrogens is 344 g/mol. The SMILES string of the molecule is CCC(C)(C)c1ccc(Oc2ccc(NC(=S)NCCOC)cc2)cc1. The summed E-state index contributed by atoms with van der Waals surface area (Å²) in [5, 5.41) is 6.78. The molecular formula is C21H28N2O2S. The molecule has 0 aliphatic heterocycles. The van der Waals surface area contributed by atoms with Crippen LogP contribution in [0.5, 0.6) is 11.5 Å². The molecule has 0 bridgehead atoms. The Morgan fingerprint density at radius 2 is 1.58 bits per heavy atom. The zero-order chi connectivity index (χ0) is 19.0. The van der Waals surface area contributed by atoms with E-state index in [-0.39, 0.29) is 5.41 Å². The number of rotatable bonds is 8. The second-order valence-corrected chi connectivity index (χ2v) is 7.17. The van der Waals surface area contributed by atoms with E-state index in [1.54, 1.807) is 7.11 Å². The average molecular weight is 373 g/mol. The van der Waals surface area contributed by atoms with Gasteiger partial charge in [0.2, 0.25) is 0 Å². The second kappa shape index (κ2) is 9.55. The van der Waals surface area contributed by atoms with E-state index < -0.39 is 0 Å². The highest BCUT2D eigenvalue weighted by Gasteiger charge is 2.17. The van der Waals surface area contributed by atoms with Gasteiger partial charge >= 0.3 is 0 Å². The van der Waals surface area contributed by atoms with Crippen LogP contribution >= 0.6 is 12.2 Å². The largest absolute Gasteiger partial charge is 0.457 e. The number of nitrogens with one attached hydrogen (secondary N) is 2. The minimum absolute atomic E-state index is 0.182. The maximum Gasteiger partial charge on any atom is 0.170 e. The van der Waals surface area contributed by atoms with Crippen molar-refractivity contribution < 1.29 is 9.47 Å². The molecule has 140 valence electrons. The van der Waals surface area contributed by atoms with Crippen molar-refractivity contribution in [1.29, 1.82) is 0 Å². The third kappa shape index (κ3) is 6.00. The van der Waals surface area contributed by atoms with E-state index in [9.17, 15) is 0 Å². The summed E-state index contributed by atoms with van der Waals surface area (Å²) in [4.78, 5) is 0. The molecule has 0 amide bonds. The van der Waals surface area contributed by atoms with Crippen molar-refractivity contribution in [2.45, 2.75) is 32.6 Å². The van der Waals surface area contributed by atoms with Crippen LogP contribution in [-0.2, 0) is 10.2 Å². The van der Waals surface area contributed by atoms with Gasteiger partial charge in [-0.05, 0) is 66.0 Å². The van der Waals surface area contributed by atoms with Crippen molar-refractivity contribution in [3.05, 3.63) is 54.1 Å². The Kier molecular flexibility index (Phi) is 7.42. The third-order valence-electron chi connectivity index (χ3n) is 4.46. The lowest BCUT2D eigenvalue weighted by Crippen LogP contribution is -2.31. The van der Waals surface area contributed by atoms with Crippen LogP contribution in [0.4, 0.5) is 5.69 Å². The number of benzene rings is 2. The van der Waals surface area contributed by atoms with Crippen molar-refractivity contribution in [1.82, 2.24) is 5.32 Å².